The van der Waals surface area contributed by atoms with Crippen molar-refractivity contribution in [3.63, 3.8) is 0 Å². The fourth-order valence-corrected chi connectivity index (χ4v) is 3.40. The van der Waals surface area contributed by atoms with E-state index in [0.717, 1.165) is 18.4 Å². The van der Waals surface area contributed by atoms with E-state index >= 15 is 0 Å². The summed E-state index contributed by atoms with van der Waals surface area (Å²) in [6, 6.07) is 7.86. The van der Waals surface area contributed by atoms with Gasteiger partial charge in [0.1, 0.15) is 6.61 Å². The Morgan fingerprint density at radius 2 is 2.11 bits per heavy atom. The van der Waals surface area contributed by atoms with Gasteiger partial charge in [-0.05, 0) is 43.2 Å². The number of urea groups is 1. The monoisotopic (exact) mass is 369 g/mol. The second-order valence-electron chi connectivity index (χ2n) is 6.61. The van der Waals surface area contributed by atoms with Gasteiger partial charge in [0.25, 0.3) is 5.91 Å². The topological polar surface area (TPSA) is 101 Å². The number of carbonyl (C=O) groups is 3. The molecule has 0 bridgehead atoms. The van der Waals surface area contributed by atoms with Gasteiger partial charge < -0.3 is 24.7 Å². The van der Waals surface area contributed by atoms with Gasteiger partial charge in [-0.2, -0.15) is 0 Å². The minimum atomic E-state index is -0.350. The molecule has 2 N–H and O–H groups in total. The lowest BCUT2D eigenvalue weighted by molar-refractivity contribution is 0.0534. The molecule has 2 aliphatic heterocycles. The molecule has 1 aromatic heterocycles. The van der Waals surface area contributed by atoms with Crippen molar-refractivity contribution in [2.45, 2.75) is 25.5 Å². The molecule has 0 radical (unpaired) electrons. The van der Waals surface area contributed by atoms with Crippen LogP contribution in [0, 0.1) is 0 Å². The van der Waals surface area contributed by atoms with Gasteiger partial charge in [-0.25, -0.2) is 9.59 Å². The van der Waals surface area contributed by atoms with Crippen LogP contribution in [-0.2, 0) is 11.3 Å². The number of benzene rings is 1. The molecule has 8 nitrogen and oxygen atoms in total. The highest BCUT2D eigenvalue weighted by Crippen LogP contribution is 2.23. The smallest absolute Gasteiger partial charge is 0.338 e. The third-order valence-corrected chi connectivity index (χ3v) is 4.72. The number of fused-ring (bicyclic) bond motifs is 1. The summed E-state index contributed by atoms with van der Waals surface area (Å²) < 4.78 is 10.1. The molecule has 1 aromatic carbocycles. The number of esters is 1. The predicted octanol–water partition coefficient (Wildman–Crippen LogP) is 2.38. The molecular weight excluding hydrogens is 350 g/mol. The van der Waals surface area contributed by atoms with E-state index in [9.17, 15) is 14.4 Å². The molecule has 8 heteroatoms. The highest BCUT2D eigenvalue weighted by molar-refractivity contribution is 5.95. The first-order chi connectivity index (χ1) is 13.1. The second-order valence-corrected chi connectivity index (χ2v) is 6.61. The molecule has 2 aliphatic rings. The number of nitrogens with one attached hydrogen (secondary N) is 2. The van der Waals surface area contributed by atoms with E-state index < -0.39 is 0 Å². The molecule has 4 rings (SSSR count). The van der Waals surface area contributed by atoms with Gasteiger partial charge in [0, 0.05) is 30.4 Å². The average Bonchev–Trinajstić information content (AvgIpc) is 3.32. The summed E-state index contributed by atoms with van der Waals surface area (Å²) in [5.74, 6) is -0.213. The molecule has 27 heavy (non-hydrogen) atoms. The van der Waals surface area contributed by atoms with Crippen molar-refractivity contribution in [3.8, 4) is 0 Å². The number of piperidine rings is 1. The van der Waals surface area contributed by atoms with Crippen LogP contribution in [0.25, 0.3) is 0 Å². The van der Waals surface area contributed by atoms with Gasteiger partial charge in [0.05, 0.1) is 11.8 Å². The number of hydrogen-bond donors (Lipinski definition) is 2. The first-order valence-corrected chi connectivity index (χ1v) is 8.80. The van der Waals surface area contributed by atoms with Crippen LogP contribution in [0.1, 0.15) is 39.3 Å². The van der Waals surface area contributed by atoms with Crippen LogP contribution >= 0.6 is 0 Å². The molecule has 0 spiro atoms. The van der Waals surface area contributed by atoms with E-state index in [1.165, 1.54) is 6.26 Å². The Kier molecular flexibility index (Phi) is 4.53. The number of hydrogen-bond acceptors (Lipinski definition) is 5. The normalized spacial score (nSPS) is 18.6. The van der Waals surface area contributed by atoms with Crippen molar-refractivity contribution in [3.05, 3.63) is 53.5 Å². The molecule has 3 amide bonds. The van der Waals surface area contributed by atoms with Crippen LogP contribution < -0.4 is 10.6 Å². The Bertz CT molecular complexity index is 877. The van der Waals surface area contributed by atoms with Crippen LogP contribution in [-0.4, -0.2) is 41.9 Å². The summed E-state index contributed by atoms with van der Waals surface area (Å²) in [5, 5.41) is 5.67. The lowest BCUT2D eigenvalue weighted by atomic mass is 10.1. The van der Waals surface area contributed by atoms with Gasteiger partial charge in [0.2, 0.25) is 0 Å². The lowest BCUT2D eigenvalue weighted by Crippen LogP contribution is -2.50. The highest BCUT2D eigenvalue weighted by atomic mass is 16.5. The molecule has 1 saturated heterocycles. The number of carbonyl (C=O) groups excluding carboxylic acids is 3. The minimum Gasteiger partial charge on any atom is -0.459 e. The molecule has 1 unspecified atom stereocenters. The van der Waals surface area contributed by atoms with Crippen molar-refractivity contribution in [1.82, 2.24) is 10.2 Å². The summed E-state index contributed by atoms with van der Waals surface area (Å²) >= 11 is 0. The van der Waals surface area contributed by atoms with E-state index in [1.807, 2.05) is 0 Å². The summed E-state index contributed by atoms with van der Waals surface area (Å²) in [7, 11) is 0. The molecular formula is C19H19N3O5. The SMILES string of the molecule is O=C(Nc1ccc2c(c1)COC2=O)NC1CCCN(C(=O)c2ccco2)C1. The number of ether oxygens (including phenoxy) is 1. The summed E-state index contributed by atoms with van der Waals surface area (Å²) in [4.78, 5) is 37.8. The predicted molar refractivity (Wildman–Crippen MR) is 95.3 cm³/mol. The summed E-state index contributed by atoms with van der Waals surface area (Å²) in [6.45, 7) is 1.29. The van der Waals surface area contributed by atoms with Crippen LogP contribution in [0.15, 0.2) is 41.0 Å². The number of nitrogens with zero attached hydrogens (tertiary/aromatic N) is 1. The molecule has 140 valence electrons. The van der Waals surface area contributed by atoms with Gasteiger partial charge >= 0.3 is 12.0 Å². The molecule has 3 heterocycles. The summed E-state index contributed by atoms with van der Waals surface area (Å²) in [6.07, 6.45) is 3.06. The van der Waals surface area contributed by atoms with E-state index in [-0.39, 0.29) is 30.6 Å². The van der Waals surface area contributed by atoms with Gasteiger partial charge in [-0.1, -0.05) is 0 Å². The number of likely N-dealkylation sites (tertiary alicyclic amines) is 1. The maximum atomic E-state index is 12.4. The largest absolute Gasteiger partial charge is 0.459 e. The molecule has 0 saturated carbocycles. The number of anilines is 1. The molecule has 1 atom stereocenters. The first-order valence-electron chi connectivity index (χ1n) is 8.80. The van der Waals surface area contributed by atoms with E-state index in [4.69, 9.17) is 9.15 Å². The highest BCUT2D eigenvalue weighted by Gasteiger charge is 2.27. The van der Waals surface area contributed by atoms with Crippen LogP contribution in [0.5, 0.6) is 0 Å². The third-order valence-electron chi connectivity index (χ3n) is 4.72. The van der Waals surface area contributed by atoms with Gasteiger partial charge in [-0.3, -0.25) is 4.79 Å². The first kappa shape index (κ1) is 17.1. The Hall–Kier alpha value is -3.29. The Labute approximate surface area is 155 Å². The number of cyclic esters (lactones) is 1. The van der Waals surface area contributed by atoms with Gasteiger partial charge in [0.15, 0.2) is 5.76 Å². The quantitative estimate of drug-likeness (QED) is 0.809. The zero-order valence-electron chi connectivity index (χ0n) is 14.6. The Morgan fingerprint density at radius 3 is 2.93 bits per heavy atom. The van der Waals surface area contributed by atoms with E-state index in [0.29, 0.717) is 30.1 Å². The zero-order chi connectivity index (χ0) is 18.8. The zero-order valence-corrected chi connectivity index (χ0v) is 14.6. The second kappa shape index (κ2) is 7.14. The fraction of sp³-hybridized carbons (Fsp3) is 0.316. The standard InChI is InChI=1S/C19H19N3O5/c23-17(16-4-2-8-26-16)22-7-1-3-14(10-22)21-19(25)20-13-5-6-15-12(9-13)11-27-18(15)24/h2,4-6,8-9,14H,1,3,7,10-11H2,(H2,20,21,25). The molecule has 2 aromatic rings. The summed E-state index contributed by atoms with van der Waals surface area (Å²) in [5.41, 5.74) is 1.87. The third kappa shape index (κ3) is 3.64. The van der Waals surface area contributed by atoms with Crippen molar-refractivity contribution >= 4 is 23.6 Å². The minimum absolute atomic E-state index is 0.142. The van der Waals surface area contributed by atoms with Crippen molar-refractivity contribution in [2.24, 2.45) is 0 Å². The van der Waals surface area contributed by atoms with Gasteiger partial charge in [-0.15, -0.1) is 0 Å². The Morgan fingerprint density at radius 1 is 1.22 bits per heavy atom. The maximum Gasteiger partial charge on any atom is 0.338 e. The van der Waals surface area contributed by atoms with Crippen LogP contribution in [0.3, 0.4) is 0 Å². The number of amides is 3. The van der Waals surface area contributed by atoms with E-state index in [2.05, 4.69) is 10.6 Å². The van der Waals surface area contributed by atoms with Crippen molar-refractivity contribution < 1.29 is 23.5 Å². The maximum absolute atomic E-state index is 12.4. The molecule has 1 fully saturated rings. The Balaban J connectivity index is 1.34. The van der Waals surface area contributed by atoms with Crippen LogP contribution in [0.4, 0.5) is 10.5 Å². The number of furan rings is 1. The van der Waals surface area contributed by atoms with Crippen LogP contribution in [0.2, 0.25) is 0 Å². The van der Waals surface area contributed by atoms with E-state index in [1.54, 1.807) is 35.2 Å². The molecule has 0 aliphatic carbocycles. The van der Waals surface area contributed by atoms with Crippen molar-refractivity contribution in [1.29, 1.82) is 0 Å². The number of rotatable bonds is 3. The lowest BCUT2D eigenvalue weighted by Gasteiger charge is -2.32. The average molecular weight is 369 g/mol. The van der Waals surface area contributed by atoms with Crippen molar-refractivity contribution in [2.75, 3.05) is 18.4 Å². The fourth-order valence-electron chi connectivity index (χ4n) is 3.40.